The predicted molar refractivity (Wildman–Crippen MR) is 79.7 cm³/mol. The van der Waals surface area contributed by atoms with Crippen molar-refractivity contribution in [3.05, 3.63) is 29.8 Å². The van der Waals surface area contributed by atoms with E-state index in [9.17, 15) is 9.90 Å². The second kappa shape index (κ2) is 7.29. The van der Waals surface area contributed by atoms with Gasteiger partial charge in [0, 0.05) is 13.1 Å². The van der Waals surface area contributed by atoms with Gasteiger partial charge in [-0.15, -0.1) is 0 Å². The lowest BCUT2D eigenvalue weighted by Gasteiger charge is -2.32. The van der Waals surface area contributed by atoms with Crippen LogP contribution in [0.25, 0.3) is 0 Å². The Hall–Kier alpha value is -1.55. The van der Waals surface area contributed by atoms with E-state index in [1.165, 1.54) is 6.42 Å². The number of phenols is 1. The van der Waals surface area contributed by atoms with Crippen LogP contribution in [-0.4, -0.2) is 42.6 Å². The molecule has 4 heteroatoms. The molecule has 0 aromatic heterocycles. The fraction of sp³-hybridized carbons (Fsp3) is 0.562. The van der Waals surface area contributed by atoms with Gasteiger partial charge in [0.05, 0.1) is 6.42 Å². The maximum absolute atomic E-state index is 12.2. The number of aromatic hydroxyl groups is 1. The number of hydrogen-bond donors (Lipinski definition) is 2. The monoisotopic (exact) mass is 276 g/mol. The quantitative estimate of drug-likeness (QED) is 0.862. The number of nitrogens with one attached hydrogen (secondary N) is 1. The van der Waals surface area contributed by atoms with E-state index >= 15 is 0 Å². The van der Waals surface area contributed by atoms with Gasteiger partial charge in [0.1, 0.15) is 5.75 Å². The van der Waals surface area contributed by atoms with Gasteiger partial charge in [-0.25, -0.2) is 0 Å². The van der Waals surface area contributed by atoms with Gasteiger partial charge in [-0.2, -0.15) is 0 Å². The van der Waals surface area contributed by atoms with Crippen molar-refractivity contribution < 1.29 is 9.90 Å². The number of amides is 1. The van der Waals surface area contributed by atoms with Gasteiger partial charge in [0.25, 0.3) is 0 Å². The van der Waals surface area contributed by atoms with Gasteiger partial charge in [-0.05, 0) is 56.5 Å². The van der Waals surface area contributed by atoms with E-state index in [0.717, 1.165) is 44.0 Å². The molecule has 1 fully saturated rings. The zero-order valence-corrected chi connectivity index (χ0v) is 12.1. The number of benzene rings is 1. The Kier molecular flexibility index (Phi) is 5.41. The van der Waals surface area contributed by atoms with Crippen molar-refractivity contribution in [1.82, 2.24) is 10.2 Å². The molecule has 2 N–H and O–H groups in total. The smallest absolute Gasteiger partial charge is 0.226 e. The van der Waals surface area contributed by atoms with Gasteiger partial charge in [-0.1, -0.05) is 12.1 Å². The number of carbonyl (C=O) groups is 1. The van der Waals surface area contributed by atoms with Crippen LogP contribution in [0.5, 0.6) is 5.75 Å². The number of phenolic OH excluding ortho intramolecular Hbond substituents is 1. The summed E-state index contributed by atoms with van der Waals surface area (Å²) in [6, 6.07) is 6.89. The Morgan fingerprint density at radius 1 is 1.30 bits per heavy atom. The lowest BCUT2D eigenvalue weighted by atomic mass is 9.93. The number of likely N-dealkylation sites (tertiary alicyclic amines) is 1. The highest BCUT2D eigenvalue weighted by Gasteiger charge is 2.22. The molecule has 20 heavy (non-hydrogen) atoms. The fourth-order valence-electron chi connectivity index (χ4n) is 2.72. The van der Waals surface area contributed by atoms with E-state index in [-0.39, 0.29) is 11.7 Å². The second-order valence-corrected chi connectivity index (χ2v) is 5.56. The second-order valence-electron chi connectivity index (χ2n) is 5.56. The van der Waals surface area contributed by atoms with Crippen LogP contribution in [0.1, 0.15) is 24.8 Å². The molecule has 0 atom stereocenters. The van der Waals surface area contributed by atoms with E-state index in [1.807, 2.05) is 24.1 Å². The molecule has 110 valence electrons. The first kappa shape index (κ1) is 14.9. The van der Waals surface area contributed by atoms with Gasteiger partial charge in [0.15, 0.2) is 0 Å². The SMILES string of the molecule is CNCCC1CCN(C(=O)Cc2ccc(O)cc2)CC1. The van der Waals surface area contributed by atoms with Crippen LogP contribution in [0.3, 0.4) is 0 Å². The van der Waals surface area contributed by atoms with Crippen molar-refractivity contribution in [2.45, 2.75) is 25.7 Å². The Morgan fingerprint density at radius 3 is 2.55 bits per heavy atom. The zero-order chi connectivity index (χ0) is 14.4. The van der Waals surface area contributed by atoms with Gasteiger partial charge < -0.3 is 15.3 Å². The molecule has 1 aliphatic heterocycles. The standard InChI is InChI=1S/C16H24N2O2/c1-17-9-6-13-7-10-18(11-8-13)16(20)12-14-2-4-15(19)5-3-14/h2-5,13,17,19H,6-12H2,1H3. The van der Waals surface area contributed by atoms with Gasteiger partial charge in [-0.3, -0.25) is 4.79 Å². The first-order valence-corrected chi connectivity index (χ1v) is 7.39. The number of carbonyl (C=O) groups excluding carboxylic acids is 1. The van der Waals surface area contributed by atoms with E-state index in [0.29, 0.717) is 6.42 Å². The van der Waals surface area contributed by atoms with Crippen molar-refractivity contribution in [1.29, 1.82) is 0 Å². The Morgan fingerprint density at radius 2 is 1.95 bits per heavy atom. The summed E-state index contributed by atoms with van der Waals surface area (Å²) in [4.78, 5) is 14.2. The highest BCUT2D eigenvalue weighted by atomic mass is 16.3. The number of piperidine rings is 1. The first-order valence-electron chi connectivity index (χ1n) is 7.39. The summed E-state index contributed by atoms with van der Waals surface area (Å²) in [7, 11) is 1.98. The molecule has 0 radical (unpaired) electrons. The van der Waals surface area contributed by atoms with E-state index in [2.05, 4.69) is 5.32 Å². The van der Waals surface area contributed by atoms with Crippen molar-refractivity contribution in [3.8, 4) is 5.75 Å². The molecule has 1 aromatic rings. The summed E-state index contributed by atoms with van der Waals surface area (Å²) in [5.41, 5.74) is 0.963. The summed E-state index contributed by atoms with van der Waals surface area (Å²) in [6.07, 6.45) is 3.87. The first-order chi connectivity index (χ1) is 9.69. The van der Waals surface area contributed by atoms with Crippen LogP contribution in [0, 0.1) is 5.92 Å². The van der Waals surface area contributed by atoms with Crippen LogP contribution >= 0.6 is 0 Å². The van der Waals surface area contributed by atoms with Crippen LogP contribution in [0.2, 0.25) is 0 Å². The van der Waals surface area contributed by atoms with Crippen molar-refractivity contribution in [3.63, 3.8) is 0 Å². The van der Waals surface area contributed by atoms with Gasteiger partial charge in [0.2, 0.25) is 5.91 Å². The van der Waals surface area contributed by atoms with Crippen LogP contribution in [0.4, 0.5) is 0 Å². The molecule has 1 saturated heterocycles. The Labute approximate surface area is 120 Å². The van der Waals surface area contributed by atoms with Crippen molar-refractivity contribution in [2.75, 3.05) is 26.7 Å². The van der Waals surface area contributed by atoms with Crippen LogP contribution in [-0.2, 0) is 11.2 Å². The molecule has 4 nitrogen and oxygen atoms in total. The maximum atomic E-state index is 12.2. The summed E-state index contributed by atoms with van der Waals surface area (Å²) >= 11 is 0. The molecule has 0 bridgehead atoms. The number of nitrogens with zero attached hydrogens (tertiary/aromatic N) is 1. The number of rotatable bonds is 5. The van der Waals surface area contributed by atoms with Crippen molar-refractivity contribution >= 4 is 5.91 Å². The topological polar surface area (TPSA) is 52.6 Å². The summed E-state index contributed by atoms with van der Waals surface area (Å²) in [5, 5.41) is 12.4. The highest BCUT2D eigenvalue weighted by molar-refractivity contribution is 5.78. The summed E-state index contributed by atoms with van der Waals surface area (Å²) in [5.74, 6) is 1.19. The summed E-state index contributed by atoms with van der Waals surface area (Å²) < 4.78 is 0. The third kappa shape index (κ3) is 4.23. The lowest BCUT2D eigenvalue weighted by molar-refractivity contribution is -0.131. The number of hydrogen-bond acceptors (Lipinski definition) is 3. The molecule has 1 aliphatic rings. The highest BCUT2D eigenvalue weighted by Crippen LogP contribution is 2.21. The molecule has 0 saturated carbocycles. The molecule has 1 amide bonds. The molecule has 2 rings (SSSR count). The maximum Gasteiger partial charge on any atom is 0.226 e. The Balaban J connectivity index is 1.78. The Bertz CT molecular complexity index is 423. The average Bonchev–Trinajstić information content (AvgIpc) is 2.48. The molecular formula is C16H24N2O2. The third-order valence-electron chi connectivity index (χ3n) is 4.06. The fourth-order valence-corrected chi connectivity index (χ4v) is 2.72. The van der Waals surface area contributed by atoms with Gasteiger partial charge >= 0.3 is 0 Å². The molecule has 1 aromatic carbocycles. The van der Waals surface area contributed by atoms with E-state index < -0.39 is 0 Å². The minimum absolute atomic E-state index is 0.197. The summed E-state index contributed by atoms with van der Waals surface area (Å²) in [6.45, 7) is 2.82. The van der Waals surface area contributed by atoms with Crippen LogP contribution in [0.15, 0.2) is 24.3 Å². The normalized spacial score (nSPS) is 16.4. The minimum Gasteiger partial charge on any atom is -0.508 e. The average molecular weight is 276 g/mol. The lowest BCUT2D eigenvalue weighted by Crippen LogP contribution is -2.39. The van der Waals surface area contributed by atoms with Crippen LogP contribution < -0.4 is 5.32 Å². The predicted octanol–water partition coefficient (Wildman–Crippen LogP) is 1.78. The molecule has 0 unspecified atom stereocenters. The molecule has 0 spiro atoms. The molecular weight excluding hydrogens is 252 g/mol. The minimum atomic E-state index is 0.197. The zero-order valence-electron chi connectivity index (χ0n) is 12.1. The van der Waals surface area contributed by atoms with E-state index in [1.54, 1.807) is 12.1 Å². The largest absolute Gasteiger partial charge is 0.508 e. The molecule has 1 heterocycles. The third-order valence-corrected chi connectivity index (χ3v) is 4.06. The van der Waals surface area contributed by atoms with E-state index in [4.69, 9.17) is 0 Å². The van der Waals surface area contributed by atoms with Crippen molar-refractivity contribution in [2.24, 2.45) is 5.92 Å². The molecule has 0 aliphatic carbocycles.